The highest BCUT2D eigenvalue weighted by molar-refractivity contribution is 6.15. The first-order chi connectivity index (χ1) is 7.41. The van der Waals surface area contributed by atoms with Crippen molar-refractivity contribution in [2.45, 2.75) is 26.4 Å². The van der Waals surface area contributed by atoms with Gasteiger partial charge >= 0.3 is 6.18 Å². The van der Waals surface area contributed by atoms with Crippen molar-refractivity contribution < 1.29 is 13.2 Å². The maximum Gasteiger partial charge on any atom is 0.416 e. The third-order valence-corrected chi connectivity index (χ3v) is 1.95. The number of halogens is 4. The average molecular weight is 253 g/mol. The van der Waals surface area contributed by atoms with E-state index in [0.717, 1.165) is 6.07 Å². The number of hydrogen-bond donors (Lipinski definition) is 0. The van der Waals surface area contributed by atoms with Crippen LogP contribution in [0.25, 0.3) is 0 Å². The van der Waals surface area contributed by atoms with Gasteiger partial charge in [0.1, 0.15) is 0 Å². The second-order valence-corrected chi connectivity index (χ2v) is 3.75. The molecular weight excluding hydrogens is 237 g/mol. The van der Waals surface area contributed by atoms with Gasteiger partial charge in [0, 0.05) is 6.38 Å². The van der Waals surface area contributed by atoms with Gasteiger partial charge in [-0.1, -0.05) is 32.0 Å². The van der Waals surface area contributed by atoms with Gasteiger partial charge in [-0.15, -0.1) is 11.6 Å². The lowest BCUT2D eigenvalue weighted by atomic mass is 9.98. The Kier molecular flexibility index (Phi) is 6.49. The zero-order chi connectivity index (χ0) is 12.8. The fraction of sp³-hybridized carbons (Fsp3) is 0.500. The van der Waals surface area contributed by atoms with Crippen molar-refractivity contribution >= 4 is 11.6 Å². The van der Waals surface area contributed by atoms with E-state index in [1.807, 2.05) is 13.8 Å². The molecule has 0 aromatic heterocycles. The summed E-state index contributed by atoms with van der Waals surface area (Å²) in [5, 5.41) is 0. The van der Waals surface area contributed by atoms with Gasteiger partial charge < -0.3 is 0 Å². The SMILES string of the molecule is CC(C)Cc1ccccc1C(F)(F)F.CCl. The molecule has 92 valence electrons. The van der Waals surface area contributed by atoms with Gasteiger partial charge in [0.2, 0.25) is 0 Å². The summed E-state index contributed by atoms with van der Waals surface area (Å²) < 4.78 is 37.5. The van der Waals surface area contributed by atoms with E-state index in [4.69, 9.17) is 0 Å². The van der Waals surface area contributed by atoms with E-state index >= 15 is 0 Å². The van der Waals surface area contributed by atoms with E-state index in [0.29, 0.717) is 12.0 Å². The molecule has 0 spiro atoms. The van der Waals surface area contributed by atoms with Crippen LogP contribution in [0.3, 0.4) is 0 Å². The molecule has 0 aliphatic rings. The molecule has 0 nitrogen and oxygen atoms in total. The second kappa shape index (κ2) is 6.79. The van der Waals surface area contributed by atoms with Gasteiger partial charge in [0.25, 0.3) is 0 Å². The molecule has 0 atom stereocenters. The smallest absolute Gasteiger partial charge is 0.166 e. The van der Waals surface area contributed by atoms with Crippen LogP contribution in [0, 0.1) is 5.92 Å². The van der Waals surface area contributed by atoms with Crippen LogP contribution < -0.4 is 0 Å². The van der Waals surface area contributed by atoms with Crippen LogP contribution in [0.5, 0.6) is 0 Å². The molecule has 16 heavy (non-hydrogen) atoms. The van der Waals surface area contributed by atoms with Crippen LogP contribution in [-0.4, -0.2) is 6.38 Å². The van der Waals surface area contributed by atoms with Crippen molar-refractivity contribution in [1.29, 1.82) is 0 Å². The first-order valence-corrected chi connectivity index (χ1v) is 5.69. The van der Waals surface area contributed by atoms with Gasteiger partial charge in [-0.05, 0) is 24.0 Å². The van der Waals surface area contributed by atoms with Crippen LogP contribution in [0.4, 0.5) is 13.2 Å². The third-order valence-electron chi connectivity index (χ3n) is 1.95. The highest BCUT2D eigenvalue weighted by atomic mass is 35.5. The molecule has 0 amide bonds. The Balaban J connectivity index is 0.00000106. The van der Waals surface area contributed by atoms with E-state index < -0.39 is 11.7 Å². The van der Waals surface area contributed by atoms with Gasteiger partial charge in [-0.25, -0.2) is 0 Å². The molecule has 0 saturated heterocycles. The van der Waals surface area contributed by atoms with Crippen LogP contribution in [0.1, 0.15) is 25.0 Å². The summed E-state index contributed by atoms with van der Waals surface area (Å²) in [5.41, 5.74) is -0.122. The van der Waals surface area contributed by atoms with Crippen molar-refractivity contribution in [1.82, 2.24) is 0 Å². The normalized spacial score (nSPS) is 11.0. The number of alkyl halides is 4. The van der Waals surface area contributed by atoms with Crippen molar-refractivity contribution in [2.75, 3.05) is 6.38 Å². The summed E-state index contributed by atoms with van der Waals surface area (Å²) in [6.07, 6.45) is -2.29. The minimum atomic E-state index is -4.23. The zero-order valence-electron chi connectivity index (χ0n) is 9.61. The van der Waals surface area contributed by atoms with Crippen molar-refractivity contribution in [2.24, 2.45) is 5.92 Å². The lowest BCUT2D eigenvalue weighted by Gasteiger charge is -2.13. The Hall–Kier alpha value is -0.700. The summed E-state index contributed by atoms with van der Waals surface area (Å²) in [4.78, 5) is 0. The standard InChI is InChI=1S/C11H13F3.CH3Cl/c1-8(2)7-9-5-3-4-6-10(9)11(12,13)14;1-2/h3-6,8H,7H2,1-2H3;1H3. The van der Waals surface area contributed by atoms with Gasteiger partial charge in [-0.2, -0.15) is 13.2 Å². The first-order valence-electron chi connectivity index (χ1n) is 4.94. The maximum absolute atomic E-state index is 12.5. The van der Waals surface area contributed by atoms with Crippen LogP contribution in [0.2, 0.25) is 0 Å². The van der Waals surface area contributed by atoms with Crippen molar-refractivity contribution in [3.8, 4) is 0 Å². The quantitative estimate of drug-likeness (QED) is 0.666. The lowest BCUT2D eigenvalue weighted by molar-refractivity contribution is -0.138. The van der Waals surface area contributed by atoms with E-state index in [-0.39, 0.29) is 5.92 Å². The Morgan fingerprint density at radius 3 is 2.06 bits per heavy atom. The van der Waals surface area contributed by atoms with Gasteiger partial charge in [0.15, 0.2) is 0 Å². The highest BCUT2D eigenvalue weighted by Gasteiger charge is 2.32. The fourth-order valence-corrected chi connectivity index (χ4v) is 1.41. The minimum absolute atomic E-state index is 0.235. The summed E-state index contributed by atoms with van der Waals surface area (Å²) in [5.74, 6) is 0.235. The van der Waals surface area contributed by atoms with E-state index in [1.54, 1.807) is 12.1 Å². The Labute approximate surface area is 99.4 Å². The number of benzene rings is 1. The second-order valence-electron chi connectivity index (χ2n) is 3.75. The molecule has 0 unspecified atom stereocenters. The summed E-state index contributed by atoms with van der Waals surface area (Å²) >= 11 is 4.64. The van der Waals surface area contributed by atoms with Crippen LogP contribution >= 0.6 is 11.6 Å². The molecule has 0 fully saturated rings. The Bertz CT molecular complexity index is 305. The molecular formula is C12H16ClF3. The molecule has 0 aliphatic heterocycles. The molecule has 0 radical (unpaired) electrons. The van der Waals surface area contributed by atoms with Crippen LogP contribution in [-0.2, 0) is 12.6 Å². The first kappa shape index (κ1) is 15.3. The van der Waals surface area contributed by atoms with Gasteiger partial charge in [-0.3, -0.25) is 0 Å². The zero-order valence-corrected chi connectivity index (χ0v) is 10.4. The topological polar surface area (TPSA) is 0 Å². The highest BCUT2D eigenvalue weighted by Crippen LogP contribution is 2.32. The van der Waals surface area contributed by atoms with E-state index in [2.05, 4.69) is 11.6 Å². The predicted octanol–water partition coefficient (Wildman–Crippen LogP) is 4.76. The fourth-order valence-electron chi connectivity index (χ4n) is 1.41. The minimum Gasteiger partial charge on any atom is -0.166 e. The molecule has 4 heteroatoms. The average Bonchev–Trinajstić information content (AvgIpc) is 2.19. The molecule has 1 aromatic rings. The molecule has 1 aromatic carbocycles. The van der Waals surface area contributed by atoms with Gasteiger partial charge in [0.05, 0.1) is 5.56 Å². The molecule has 0 N–H and O–H groups in total. The number of hydrogen-bond acceptors (Lipinski definition) is 0. The molecule has 0 saturated carbocycles. The van der Waals surface area contributed by atoms with Crippen molar-refractivity contribution in [3.05, 3.63) is 35.4 Å². The van der Waals surface area contributed by atoms with E-state index in [1.165, 1.54) is 12.4 Å². The predicted molar refractivity (Wildman–Crippen MR) is 61.8 cm³/mol. The third kappa shape index (κ3) is 4.88. The monoisotopic (exact) mass is 252 g/mol. The largest absolute Gasteiger partial charge is 0.416 e. The molecule has 0 aliphatic carbocycles. The van der Waals surface area contributed by atoms with E-state index in [9.17, 15) is 13.2 Å². The Morgan fingerprint density at radius 1 is 1.12 bits per heavy atom. The molecule has 0 heterocycles. The summed E-state index contributed by atoms with van der Waals surface area (Å²) in [6.45, 7) is 3.82. The summed E-state index contributed by atoms with van der Waals surface area (Å²) in [7, 11) is 0. The summed E-state index contributed by atoms with van der Waals surface area (Å²) in [6, 6.07) is 5.75. The van der Waals surface area contributed by atoms with Crippen molar-refractivity contribution in [3.63, 3.8) is 0 Å². The van der Waals surface area contributed by atoms with Crippen LogP contribution in [0.15, 0.2) is 24.3 Å². The Morgan fingerprint density at radius 2 is 1.62 bits per heavy atom. The number of rotatable bonds is 2. The molecule has 0 bridgehead atoms. The lowest BCUT2D eigenvalue weighted by Crippen LogP contribution is -2.10. The maximum atomic E-state index is 12.5. The molecule has 1 rings (SSSR count).